The molecule has 4 nitrogen and oxygen atoms in total. The molecule has 1 aromatic carbocycles. The van der Waals surface area contributed by atoms with Crippen LogP contribution in [0.5, 0.6) is 0 Å². The van der Waals surface area contributed by atoms with Crippen molar-refractivity contribution in [1.29, 1.82) is 0 Å². The highest BCUT2D eigenvalue weighted by atomic mass is 35.5. The maximum atomic E-state index is 6.14. The number of anilines is 2. The molecule has 4 rings (SSSR count). The Bertz CT molecular complexity index is 865. The molecule has 1 aliphatic heterocycles. The van der Waals surface area contributed by atoms with E-state index in [2.05, 4.69) is 28.1 Å². The Morgan fingerprint density at radius 2 is 1.54 bits per heavy atom. The van der Waals surface area contributed by atoms with E-state index in [9.17, 15) is 0 Å². The van der Waals surface area contributed by atoms with E-state index in [1.165, 1.54) is 5.69 Å². The Labute approximate surface area is 151 Å². The summed E-state index contributed by atoms with van der Waals surface area (Å²) < 4.78 is 2.01. The average molecular weight is 361 g/mol. The summed E-state index contributed by atoms with van der Waals surface area (Å²) in [6.07, 6.45) is 3.97. The first kappa shape index (κ1) is 15.6. The SMILES string of the molecule is Cc1cc(Cl)cn2cc(N3CCN(c4ccc(Cl)cc4)CC3)nc12. The van der Waals surface area contributed by atoms with Crippen molar-refractivity contribution in [3.63, 3.8) is 0 Å². The fraction of sp³-hybridized carbons (Fsp3) is 0.278. The minimum atomic E-state index is 0.733. The maximum absolute atomic E-state index is 6.14. The molecule has 6 heteroatoms. The van der Waals surface area contributed by atoms with Gasteiger partial charge in [0, 0.05) is 43.1 Å². The predicted octanol–water partition coefficient (Wildman–Crippen LogP) is 4.28. The fourth-order valence-corrected chi connectivity index (χ4v) is 3.61. The average Bonchev–Trinajstić information content (AvgIpc) is 3.00. The van der Waals surface area contributed by atoms with Crippen LogP contribution in [0.15, 0.2) is 42.7 Å². The Morgan fingerprint density at radius 3 is 2.25 bits per heavy atom. The fourth-order valence-electron chi connectivity index (χ4n) is 3.21. The normalized spacial score (nSPS) is 15.3. The number of aromatic nitrogens is 2. The van der Waals surface area contributed by atoms with Gasteiger partial charge in [0.05, 0.1) is 11.2 Å². The van der Waals surface area contributed by atoms with Crippen LogP contribution in [0.4, 0.5) is 11.5 Å². The molecule has 124 valence electrons. The van der Waals surface area contributed by atoms with Gasteiger partial charge in [0.1, 0.15) is 11.5 Å². The lowest BCUT2D eigenvalue weighted by Gasteiger charge is -2.36. The first-order valence-electron chi connectivity index (χ1n) is 8.00. The van der Waals surface area contributed by atoms with Crippen LogP contribution in [-0.4, -0.2) is 35.6 Å². The van der Waals surface area contributed by atoms with Crippen molar-refractivity contribution in [3.8, 4) is 0 Å². The standard InChI is InChI=1S/C18H18Cl2N4/c1-13-10-15(20)11-24-12-17(21-18(13)24)23-8-6-22(7-9-23)16-4-2-14(19)3-5-16/h2-5,10-12H,6-9H2,1H3. The number of rotatable bonds is 2. The molecule has 0 spiro atoms. The summed E-state index contributed by atoms with van der Waals surface area (Å²) in [6.45, 7) is 5.86. The smallest absolute Gasteiger partial charge is 0.148 e. The highest BCUT2D eigenvalue weighted by Gasteiger charge is 2.20. The van der Waals surface area contributed by atoms with Crippen molar-refractivity contribution >= 4 is 40.4 Å². The zero-order valence-electron chi connectivity index (χ0n) is 13.4. The number of halogens is 2. The lowest BCUT2D eigenvalue weighted by atomic mass is 10.2. The van der Waals surface area contributed by atoms with Crippen LogP contribution in [0, 0.1) is 6.92 Å². The van der Waals surface area contributed by atoms with Gasteiger partial charge in [-0.1, -0.05) is 23.2 Å². The van der Waals surface area contributed by atoms with Crippen LogP contribution in [0.3, 0.4) is 0 Å². The van der Waals surface area contributed by atoms with E-state index < -0.39 is 0 Å². The molecule has 0 saturated carbocycles. The highest BCUT2D eigenvalue weighted by molar-refractivity contribution is 6.30. The number of piperazine rings is 1. The van der Waals surface area contributed by atoms with Gasteiger partial charge in [0.25, 0.3) is 0 Å². The summed E-state index contributed by atoms with van der Waals surface area (Å²) in [6, 6.07) is 9.99. The van der Waals surface area contributed by atoms with Crippen molar-refractivity contribution in [2.24, 2.45) is 0 Å². The molecule has 0 amide bonds. The zero-order chi connectivity index (χ0) is 16.7. The van der Waals surface area contributed by atoms with Crippen molar-refractivity contribution in [2.45, 2.75) is 6.92 Å². The second-order valence-electron chi connectivity index (χ2n) is 6.12. The number of pyridine rings is 1. The molecular weight excluding hydrogens is 343 g/mol. The topological polar surface area (TPSA) is 23.8 Å². The molecule has 2 aromatic heterocycles. The molecule has 0 radical (unpaired) electrons. The number of hydrogen-bond acceptors (Lipinski definition) is 3. The van der Waals surface area contributed by atoms with Crippen molar-refractivity contribution in [1.82, 2.24) is 9.38 Å². The number of imidazole rings is 1. The second-order valence-corrected chi connectivity index (χ2v) is 6.99. The van der Waals surface area contributed by atoms with E-state index in [1.807, 2.05) is 35.7 Å². The van der Waals surface area contributed by atoms with E-state index in [0.29, 0.717) is 0 Å². The molecule has 1 fully saturated rings. The van der Waals surface area contributed by atoms with Gasteiger partial charge >= 0.3 is 0 Å². The second kappa shape index (κ2) is 6.19. The first-order valence-corrected chi connectivity index (χ1v) is 8.76. The number of hydrogen-bond donors (Lipinski definition) is 0. The van der Waals surface area contributed by atoms with Crippen LogP contribution in [-0.2, 0) is 0 Å². The van der Waals surface area contributed by atoms with E-state index >= 15 is 0 Å². The molecule has 0 aliphatic carbocycles. The van der Waals surface area contributed by atoms with Crippen LogP contribution in [0.25, 0.3) is 5.65 Å². The maximum Gasteiger partial charge on any atom is 0.148 e. The summed E-state index contributed by atoms with van der Waals surface area (Å²) in [5.41, 5.74) is 3.28. The van der Waals surface area contributed by atoms with E-state index in [-0.39, 0.29) is 0 Å². The molecular formula is C18H18Cl2N4. The minimum absolute atomic E-state index is 0.733. The third-order valence-electron chi connectivity index (χ3n) is 4.48. The van der Waals surface area contributed by atoms with Gasteiger partial charge in [0.2, 0.25) is 0 Å². The van der Waals surface area contributed by atoms with Gasteiger partial charge < -0.3 is 14.2 Å². The van der Waals surface area contributed by atoms with Gasteiger partial charge in [-0.15, -0.1) is 0 Å². The molecule has 0 atom stereocenters. The molecule has 3 heterocycles. The van der Waals surface area contributed by atoms with Gasteiger partial charge in [-0.25, -0.2) is 4.98 Å². The summed E-state index contributed by atoms with van der Waals surface area (Å²) in [7, 11) is 0. The molecule has 1 saturated heterocycles. The number of fused-ring (bicyclic) bond motifs is 1. The minimum Gasteiger partial charge on any atom is -0.368 e. The molecule has 3 aromatic rings. The largest absolute Gasteiger partial charge is 0.368 e. The Hall–Kier alpha value is -1.91. The lowest BCUT2D eigenvalue weighted by Crippen LogP contribution is -2.46. The third kappa shape index (κ3) is 2.92. The summed E-state index contributed by atoms with van der Waals surface area (Å²) >= 11 is 12.1. The number of aryl methyl sites for hydroxylation is 1. The monoisotopic (exact) mass is 360 g/mol. The first-order chi connectivity index (χ1) is 11.6. The lowest BCUT2D eigenvalue weighted by molar-refractivity contribution is 0.649. The van der Waals surface area contributed by atoms with Crippen molar-refractivity contribution in [3.05, 3.63) is 58.3 Å². The highest BCUT2D eigenvalue weighted by Crippen LogP contribution is 2.24. The van der Waals surface area contributed by atoms with Gasteiger partial charge in [0.15, 0.2) is 0 Å². The quantitative estimate of drug-likeness (QED) is 0.681. The van der Waals surface area contributed by atoms with Crippen molar-refractivity contribution < 1.29 is 0 Å². The van der Waals surface area contributed by atoms with Crippen LogP contribution in [0.1, 0.15) is 5.56 Å². The van der Waals surface area contributed by atoms with Gasteiger partial charge in [-0.05, 0) is 42.8 Å². The summed E-state index contributed by atoms with van der Waals surface area (Å²) in [4.78, 5) is 9.49. The van der Waals surface area contributed by atoms with Gasteiger partial charge in [-0.3, -0.25) is 0 Å². The van der Waals surface area contributed by atoms with E-state index in [4.69, 9.17) is 28.2 Å². The molecule has 0 unspecified atom stereocenters. The zero-order valence-corrected chi connectivity index (χ0v) is 14.9. The van der Waals surface area contributed by atoms with Gasteiger partial charge in [-0.2, -0.15) is 0 Å². The Kier molecular flexibility index (Phi) is 4.02. The number of benzene rings is 1. The third-order valence-corrected chi connectivity index (χ3v) is 4.94. The van der Waals surface area contributed by atoms with E-state index in [0.717, 1.165) is 53.3 Å². The molecule has 0 N–H and O–H groups in total. The van der Waals surface area contributed by atoms with Crippen molar-refractivity contribution in [2.75, 3.05) is 36.0 Å². The number of nitrogens with zero attached hydrogens (tertiary/aromatic N) is 4. The summed E-state index contributed by atoms with van der Waals surface area (Å²) in [5, 5.41) is 1.51. The predicted molar refractivity (Wildman–Crippen MR) is 101 cm³/mol. The molecule has 24 heavy (non-hydrogen) atoms. The van der Waals surface area contributed by atoms with Crippen LogP contribution < -0.4 is 9.80 Å². The van der Waals surface area contributed by atoms with Crippen LogP contribution >= 0.6 is 23.2 Å². The summed E-state index contributed by atoms with van der Waals surface area (Å²) in [5.74, 6) is 1.01. The Morgan fingerprint density at radius 1 is 0.875 bits per heavy atom. The molecule has 1 aliphatic rings. The van der Waals surface area contributed by atoms with E-state index in [1.54, 1.807) is 0 Å². The Balaban J connectivity index is 1.51. The van der Waals surface area contributed by atoms with Crippen LogP contribution in [0.2, 0.25) is 10.0 Å². The molecule has 0 bridgehead atoms.